The number of nitrogens with one attached hydrogen (secondary N) is 1. The number of halogens is 1. The summed E-state index contributed by atoms with van der Waals surface area (Å²) < 4.78 is 25.7. The van der Waals surface area contributed by atoms with Crippen LogP contribution < -0.4 is 27.0 Å². The summed E-state index contributed by atoms with van der Waals surface area (Å²) in [7, 11) is 2.47. The molecule has 0 spiro atoms. The van der Waals surface area contributed by atoms with Gasteiger partial charge in [0, 0.05) is 14.1 Å². The minimum Gasteiger partial charge on any atom is -0.483 e. The molecule has 0 aliphatic heterocycles. The Bertz CT molecular complexity index is 1430. The fraction of sp³-hybridized carbons (Fsp3) is 0.174. The maximum atomic E-state index is 13.7. The van der Waals surface area contributed by atoms with Crippen LogP contribution in [0.2, 0.25) is 0 Å². The van der Waals surface area contributed by atoms with Crippen LogP contribution >= 0.6 is 0 Å². The number of carbonyl (C=O) groups is 3. The number of carbonyl (C=O) groups excluding carboxylic acids is 3. The lowest BCUT2D eigenvalue weighted by Gasteiger charge is -2.13. The molecule has 0 saturated heterocycles. The van der Waals surface area contributed by atoms with Crippen molar-refractivity contribution in [2.75, 3.05) is 24.3 Å². The Hall–Kier alpha value is -4.74. The average molecular weight is 484 g/mol. The maximum absolute atomic E-state index is 13.7. The second kappa shape index (κ2) is 10.5. The van der Waals surface area contributed by atoms with Gasteiger partial charge < -0.3 is 20.5 Å². The van der Waals surface area contributed by atoms with Gasteiger partial charge in [0.2, 0.25) is 5.78 Å². The van der Waals surface area contributed by atoms with Gasteiger partial charge in [-0.3, -0.25) is 23.5 Å². The summed E-state index contributed by atoms with van der Waals surface area (Å²) in [5.74, 6) is -3.55. The van der Waals surface area contributed by atoms with E-state index in [1.165, 1.54) is 50.5 Å². The number of aromatic nitrogens is 2. The van der Waals surface area contributed by atoms with E-state index in [4.69, 9.17) is 15.2 Å². The Kier molecular flexibility index (Phi) is 7.44. The lowest BCUT2D eigenvalue weighted by molar-refractivity contribution is -0.118. The number of benzene rings is 2. The molecule has 0 aliphatic carbocycles. The van der Waals surface area contributed by atoms with Crippen molar-refractivity contribution in [3.63, 3.8) is 0 Å². The third-order valence-corrected chi connectivity index (χ3v) is 4.94. The van der Waals surface area contributed by atoms with Gasteiger partial charge in [0.05, 0.1) is 5.69 Å². The summed E-state index contributed by atoms with van der Waals surface area (Å²) in [6, 6.07) is 11.4. The van der Waals surface area contributed by atoms with E-state index in [-0.39, 0.29) is 22.8 Å². The second-order valence-corrected chi connectivity index (χ2v) is 7.28. The molecule has 0 unspecified atom stereocenters. The summed E-state index contributed by atoms with van der Waals surface area (Å²) >= 11 is 0. The van der Waals surface area contributed by atoms with Gasteiger partial charge in [0.15, 0.2) is 13.2 Å². The first-order valence-corrected chi connectivity index (χ1v) is 10.1. The molecule has 182 valence electrons. The molecule has 3 rings (SSSR count). The van der Waals surface area contributed by atoms with Gasteiger partial charge >= 0.3 is 11.7 Å². The molecule has 1 heterocycles. The maximum Gasteiger partial charge on any atom is 0.342 e. The molecule has 2 aromatic carbocycles. The molecular weight excluding hydrogens is 463 g/mol. The molecule has 3 N–H and O–H groups in total. The van der Waals surface area contributed by atoms with Crippen molar-refractivity contribution >= 4 is 29.2 Å². The van der Waals surface area contributed by atoms with Crippen LogP contribution in [0.15, 0.2) is 58.1 Å². The number of Topliss-reactive ketones (excluding diaryl/α,β-unsaturated/α-hetero) is 1. The van der Waals surface area contributed by atoms with Crippen molar-refractivity contribution in [1.82, 2.24) is 9.13 Å². The zero-order chi connectivity index (χ0) is 25.7. The van der Waals surface area contributed by atoms with Crippen molar-refractivity contribution in [3.05, 3.63) is 86.3 Å². The molecule has 0 aliphatic rings. The zero-order valence-electron chi connectivity index (χ0n) is 18.7. The van der Waals surface area contributed by atoms with Crippen LogP contribution in [0.25, 0.3) is 0 Å². The van der Waals surface area contributed by atoms with Crippen LogP contribution in [0.5, 0.6) is 5.75 Å². The number of rotatable bonds is 8. The lowest BCUT2D eigenvalue weighted by Crippen LogP contribution is -2.42. The molecule has 3 aromatic rings. The molecule has 12 heteroatoms. The van der Waals surface area contributed by atoms with Gasteiger partial charge in [0.1, 0.15) is 28.5 Å². The fourth-order valence-electron chi connectivity index (χ4n) is 3.06. The minimum absolute atomic E-state index is 0.0221. The number of amides is 1. The molecule has 0 saturated carbocycles. The molecule has 11 nitrogen and oxygen atoms in total. The lowest BCUT2D eigenvalue weighted by atomic mass is 10.2. The zero-order valence-corrected chi connectivity index (χ0v) is 18.7. The highest BCUT2D eigenvalue weighted by Gasteiger charge is 2.23. The van der Waals surface area contributed by atoms with Crippen LogP contribution in [0.4, 0.5) is 15.9 Å². The van der Waals surface area contributed by atoms with E-state index in [1.54, 1.807) is 12.1 Å². The standard InChI is InChI=1S/C23H21FN4O7/c1-27-20(25)19(21(31)28(2)23(27)33)16(29)11-35-22(32)13-7-3-6-10-17(13)34-12-18(30)26-15-9-5-4-8-14(15)24/h3-10H,11-12,25H2,1-2H3,(H,26,30). The summed E-state index contributed by atoms with van der Waals surface area (Å²) in [5.41, 5.74) is 3.48. The van der Waals surface area contributed by atoms with Crippen molar-refractivity contribution in [2.24, 2.45) is 14.1 Å². The molecule has 0 atom stereocenters. The second-order valence-electron chi connectivity index (χ2n) is 7.28. The van der Waals surface area contributed by atoms with Gasteiger partial charge in [-0.15, -0.1) is 0 Å². The Morgan fingerprint density at radius 3 is 2.34 bits per heavy atom. The summed E-state index contributed by atoms with van der Waals surface area (Å²) in [6.45, 7) is -1.37. The Balaban J connectivity index is 1.68. The average Bonchev–Trinajstić information content (AvgIpc) is 2.85. The third-order valence-electron chi connectivity index (χ3n) is 4.94. The van der Waals surface area contributed by atoms with Crippen LogP contribution in [-0.2, 0) is 23.6 Å². The molecule has 1 aromatic heterocycles. The van der Waals surface area contributed by atoms with E-state index >= 15 is 0 Å². The monoisotopic (exact) mass is 484 g/mol. The summed E-state index contributed by atoms with van der Waals surface area (Å²) in [6.07, 6.45) is 0. The topological polar surface area (TPSA) is 152 Å². The highest BCUT2D eigenvalue weighted by Crippen LogP contribution is 2.20. The number of para-hydroxylation sites is 2. The smallest absolute Gasteiger partial charge is 0.342 e. The van der Waals surface area contributed by atoms with E-state index in [2.05, 4.69) is 5.32 Å². The quantitative estimate of drug-likeness (QED) is 0.353. The molecule has 0 radical (unpaired) electrons. The van der Waals surface area contributed by atoms with Crippen LogP contribution in [-0.4, -0.2) is 40.0 Å². The normalized spacial score (nSPS) is 10.5. The van der Waals surface area contributed by atoms with Crippen LogP contribution in [0.1, 0.15) is 20.7 Å². The number of ether oxygens (including phenoxy) is 2. The highest BCUT2D eigenvalue weighted by molar-refractivity contribution is 6.02. The summed E-state index contributed by atoms with van der Waals surface area (Å²) in [4.78, 5) is 61.4. The number of nitrogens with zero attached hydrogens (tertiary/aromatic N) is 2. The van der Waals surface area contributed by atoms with Crippen molar-refractivity contribution in [1.29, 1.82) is 0 Å². The van der Waals surface area contributed by atoms with Gasteiger partial charge in [-0.25, -0.2) is 14.0 Å². The number of anilines is 2. The van der Waals surface area contributed by atoms with Crippen LogP contribution in [0.3, 0.4) is 0 Å². The van der Waals surface area contributed by atoms with Crippen molar-refractivity contribution in [2.45, 2.75) is 0 Å². The molecule has 0 bridgehead atoms. The number of nitrogen functional groups attached to an aromatic ring is 1. The SMILES string of the molecule is Cn1c(N)c(C(=O)COC(=O)c2ccccc2OCC(=O)Nc2ccccc2F)c(=O)n(C)c1=O. The van der Waals surface area contributed by atoms with E-state index in [9.17, 15) is 28.4 Å². The largest absolute Gasteiger partial charge is 0.483 e. The first kappa shape index (κ1) is 24.9. The predicted octanol–water partition coefficient (Wildman–Crippen LogP) is 0.862. The number of nitrogens with two attached hydrogens (primary N) is 1. The first-order valence-electron chi connectivity index (χ1n) is 10.1. The first-order chi connectivity index (χ1) is 16.6. The molecular formula is C23H21FN4O7. The number of hydrogen-bond donors (Lipinski definition) is 2. The molecule has 35 heavy (non-hydrogen) atoms. The Morgan fingerprint density at radius 2 is 1.63 bits per heavy atom. The minimum atomic E-state index is -0.969. The van der Waals surface area contributed by atoms with Crippen molar-refractivity contribution < 1.29 is 28.2 Å². The number of esters is 1. The van der Waals surface area contributed by atoms with E-state index < -0.39 is 53.5 Å². The highest BCUT2D eigenvalue weighted by atomic mass is 19.1. The predicted molar refractivity (Wildman–Crippen MR) is 123 cm³/mol. The van der Waals surface area contributed by atoms with E-state index in [0.29, 0.717) is 4.57 Å². The van der Waals surface area contributed by atoms with Gasteiger partial charge in [0.25, 0.3) is 11.5 Å². The Labute approximate surface area is 197 Å². The van der Waals surface area contributed by atoms with Gasteiger partial charge in [-0.1, -0.05) is 24.3 Å². The van der Waals surface area contributed by atoms with Gasteiger partial charge in [-0.2, -0.15) is 0 Å². The van der Waals surface area contributed by atoms with Crippen LogP contribution in [0, 0.1) is 5.82 Å². The number of hydrogen-bond acceptors (Lipinski definition) is 8. The van der Waals surface area contributed by atoms with E-state index in [0.717, 1.165) is 4.57 Å². The third kappa shape index (κ3) is 5.43. The summed E-state index contributed by atoms with van der Waals surface area (Å²) in [5, 5.41) is 2.34. The van der Waals surface area contributed by atoms with Crippen molar-refractivity contribution in [3.8, 4) is 5.75 Å². The fourth-order valence-corrected chi connectivity index (χ4v) is 3.06. The van der Waals surface area contributed by atoms with E-state index in [1.807, 2.05) is 0 Å². The molecule has 0 fully saturated rings. The Morgan fingerprint density at radius 1 is 0.971 bits per heavy atom. The van der Waals surface area contributed by atoms with Gasteiger partial charge in [-0.05, 0) is 24.3 Å². The molecule has 1 amide bonds. The number of ketones is 1.